The molecule has 3 aliphatic heterocycles. The maximum absolute atomic E-state index is 2.65. The molecule has 0 amide bonds. The molecular weight excluding hydrogens is 858 g/mol. The first-order valence-electron chi connectivity index (χ1n) is 25.0. The summed E-state index contributed by atoms with van der Waals surface area (Å²) in [6, 6.07) is 93.1. The quantitative estimate of drug-likeness (QED) is 0.148. The molecule has 0 atom stereocenters. The highest BCUT2D eigenvalue weighted by Gasteiger charge is 2.52. The zero-order valence-electron chi connectivity index (χ0n) is 40.1. The van der Waals surface area contributed by atoms with Gasteiger partial charge in [0, 0.05) is 50.5 Å². The number of para-hydroxylation sites is 4. The van der Waals surface area contributed by atoms with Crippen LogP contribution in [0.2, 0.25) is 0 Å². The van der Waals surface area contributed by atoms with Crippen LogP contribution in [0.25, 0.3) is 38.8 Å². The van der Waals surface area contributed by atoms with Crippen LogP contribution < -0.4 is 26.3 Å². The molecule has 14 rings (SSSR count). The van der Waals surface area contributed by atoms with Gasteiger partial charge < -0.3 is 14.4 Å². The van der Waals surface area contributed by atoms with E-state index in [0.717, 1.165) is 22.7 Å². The average Bonchev–Trinajstić information content (AvgIpc) is 3.79. The summed E-state index contributed by atoms with van der Waals surface area (Å²) in [7, 11) is 0. The zero-order valence-corrected chi connectivity index (χ0v) is 40.1. The van der Waals surface area contributed by atoms with Gasteiger partial charge in [0.05, 0.1) is 16.8 Å². The lowest BCUT2D eigenvalue weighted by Crippen LogP contribution is -2.62. The largest absolute Gasteiger partial charge is 0.320 e. The fourth-order valence-corrected chi connectivity index (χ4v) is 12.7. The monoisotopic (exact) mass is 907 g/mol. The molecule has 11 aromatic rings. The second kappa shape index (κ2) is 15.7. The van der Waals surface area contributed by atoms with Crippen molar-refractivity contribution in [2.75, 3.05) is 9.80 Å². The fraction of sp³-hybridized carbons (Fsp3) is 0.0746. The van der Waals surface area contributed by atoms with Gasteiger partial charge in [-0.3, -0.25) is 0 Å². The first-order chi connectivity index (χ1) is 34.9. The van der Waals surface area contributed by atoms with E-state index >= 15 is 0 Å². The van der Waals surface area contributed by atoms with Gasteiger partial charge >= 0.3 is 0 Å². The topological polar surface area (TPSA) is 11.4 Å². The second-order valence-electron chi connectivity index (χ2n) is 20.4. The maximum Gasteiger partial charge on any atom is 0.269 e. The van der Waals surface area contributed by atoms with Crippen molar-refractivity contribution >= 4 is 68.1 Å². The van der Waals surface area contributed by atoms with Crippen LogP contribution in [0.4, 0.5) is 34.1 Å². The van der Waals surface area contributed by atoms with Crippen LogP contribution in [0.3, 0.4) is 0 Å². The summed E-state index contributed by atoms with van der Waals surface area (Å²) in [5.74, 6) is 0. The Bertz CT molecular complexity index is 3800. The lowest BCUT2D eigenvalue weighted by Gasteiger charge is -2.50. The highest BCUT2D eigenvalue weighted by molar-refractivity contribution is 7.00. The number of nitrogens with zero attached hydrogens (tertiary/aromatic N) is 3. The molecule has 4 heterocycles. The summed E-state index contributed by atoms with van der Waals surface area (Å²) in [6.45, 7) is 6.74. The number of rotatable bonds is 7. The molecule has 0 saturated carbocycles. The number of aromatic nitrogens is 1. The summed E-state index contributed by atoms with van der Waals surface area (Å²) in [5, 5.41) is 2.56. The maximum atomic E-state index is 2.65. The Hall–Kier alpha value is -8.60. The molecule has 0 unspecified atom stereocenters. The van der Waals surface area contributed by atoms with Crippen molar-refractivity contribution in [3.05, 3.63) is 277 Å². The van der Waals surface area contributed by atoms with E-state index in [1.54, 1.807) is 0 Å². The molecule has 0 bridgehead atoms. The van der Waals surface area contributed by atoms with Gasteiger partial charge in [-0.25, -0.2) is 0 Å². The van der Waals surface area contributed by atoms with Gasteiger partial charge in [0.2, 0.25) is 0 Å². The Morgan fingerprint density at radius 3 is 1.72 bits per heavy atom. The molecule has 0 radical (unpaired) electrons. The SMILES string of the molecule is CC(C)(C)c1ccc(N(c2ccccc2)c2cc3c4c(c2)N2c5ccccc5C(c5ccccc5)(c5ccccc5)c5cccc(c52)B4c2c4c-3cccc4c(-c3ccccc3)n2-c2ccccc2)cc1. The van der Waals surface area contributed by atoms with Crippen molar-refractivity contribution in [3.8, 4) is 28.1 Å². The van der Waals surface area contributed by atoms with E-state index < -0.39 is 5.41 Å². The zero-order chi connectivity index (χ0) is 47.4. The Morgan fingerprint density at radius 1 is 0.465 bits per heavy atom. The molecule has 10 aromatic carbocycles. The molecule has 1 aromatic heterocycles. The Morgan fingerprint density at radius 2 is 1.04 bits per heavy atom. The summed E-state index contributed by atoms with van der Waals surface area (Å²) >= 11 is 0. The average molecular weight is 908 g/mol. The molecule has 0 N–H and O–H groups in total. The van der Waals surface area contributed by atoms with Crippen molar-refractivity contribution in [2.45, 2.75) is 31.6 Å². The second-order valence-corrected chi connectivity index (χ2v) is 20.4. The summed E-state index contributed by atoms with van der Waals surface area (Å²) in [4.78, 5) is 5.11. The van der Waals surface area contributed by atoms with Crippen LogP contribution in [-0.4, -0.2) is 11.3 Å². The van der Waals surface area contributed by atoms with E-state index in [4.69, 9.17) is 0 Å². The van der Waals surface area contributed by atoms with Crippen LogP contribution >= 0.6 is 0 Å². The molecule has 0 saturated heterocycles. The number of hydrogen-bond donors (Lipinski definition) is 0. The first kappa shape index (κ1) is 41.4. The molecule has 0 aliphatic carbocycles. The highest BCUT2D eigenvalue weighted by atomic mass is 15.2. The van der Waals surface area contributed by atoms with Gasteiger partial charge in [-0.2, -0.15) is 0 Å². The molecule has 71 heavy (non-hydrogen) atoms. The van der Waals surface area contributed by atoms with E-state index in [1.807, 2.05) is 0 Å². The number of fused-ring (bicyclic) bond motifs is 6. The standard InChI is InChI=1S/C67H50BN3/c1-66(2,3)46-39-41-51(42-40-46)69(49-29-15-7-16-30-49)52-43-55-53-33-21-34-54-61(53)65(70(50-31-17-8-18-32-50)63(54)45-23-9-4-10-24-45)68-58-37-22-36-57-64(58)71(60(44-52)62(55)68)59-38-20-19-35-56(59)67(57,47-25-11-5-12-26-47)48-27-13-6-14-28-48/h4-44H,1-3H3. The minimum absolute atomic E-state index is 0.0216. The third kappa shape index (κ3) is 5.98. The Balaban J connectivity index is 1.16. The number of hydrogen-bond acceptors (Lipinski definition) is 2. The van der Waals surface area contributed by atoms with Crippen LogP contribution in [0, 0.1) is 0 Å². The van der Waals surface area contributed by atoms with E-state index in [-0.39, 0.29) is 12.1 Å². The molecule has 336 valence electrons. The van der Waals surface area contributed by atoms with Gasteiger partial charge in [-0.1, -0.05) is 215 Å². The van der Waals surface area contributed by atoms with Crippen LogP contribution in [-0.2, 0) is 10.8 Å². The van der Waals surface area contributed by atoms with Crippen LogP contribution in [0.15, 0.2) is 249 Å². The smallest absolute Gasteiger partial charge is 0.269 e. The van der Waals surface area contributed by atoms with E-state index in [2.05, 4.69) is 284 Å². The molecular formula is C67H50BN3. The molecule has 3 nitrogen and oxygen atoms in total. The third-order valence-corrected chi connectivity index (χ3v) is 15.6. The third-order valence-electron chi connectivity index (χ3n) is 15.6. The van der Waals surface area contributed by atoms with E-state index in [9.17, 15) is 0 Å². The van der Waals surface area contributed by atoms with Crippen LogP contribution in [0.1, 0.15) is 48.6 Å². The van der Waals surface area contributed by atoms with Crippen molar-refractivity contribution in [2.24, 2.45) is 0 Å². The summed E-state index contributed by atoms with van der Waals surface area (Å²) in [5.41, 5.74) is 22.7. The number of anilines is 6. The van der Waals surface area contributed by atoms with Crippen molar-refractivity contribution in [1.29, 1.82) is 0 Å². The van der Waals surface area contributed by atoms with Gasteiger partial charge in [-0.15, -0.1) is 0 Å². The van der Waals surface area contributed by atoms with Gasteiger partial charge in [0.25, 0.3) is 6.71 Å². The lowest BCUT2D eigenvalue weighted by atomic mass is 9.33. The molecule has 0 fully saturated rings. The molecule has 4 heteroatoms. The predicted octanol–water partition coefficient (Wildman–Crippen LogP) is 15.0. The summed E-state index contributed by atoms with van der Waals surface area (Å²) < 4.78 is 2.61. The minimum atomic E-state index is -0.623. The lowest BCUT2D eigenvalue weighted by molar-refractivity contribution is 0.590. The minimum Gasteiger partial charge on any atom is -0.320 e. The fourth-order valence-electron chi connectivity index (χ4n) is 12.7. The van der Waals surface area contributed by atoms with Crippen molar-refractivity contribution in [1.82, 2.24) is 4.57 Å². The van der Waals surface area contributed by atoms with E-state index in [1.165, 1.54) is 94.6 Å². The normalized spacial score (nSPS) is 13.6. The Kier molecular flexibility index (Phi) is 9.16. The van der Waals surface area contributed by atoms with Gasteiger partial charge in [0.15, 0.2) is 0 Å². The highest BCUT2D eigenvalue weighted by Crippen LogP contribution is 2.59. The molecule has 3 aliphatic rings. The summed E-state index contributed by atoms with van der Waals surface area (Å²) in [6.07, 6.45) is 0. The molecule has 0 spiro atoms. The van der Waals surface area contributed by atoms with Crippen molar-refractivity contribution in [3.63, 3.8) is 0 Å². The van der Waals surface area contributed by atoms with Gasteiger partial charge in [-0.05, 0) is 115 Å². The van der Waals surface area contributed by atoms with E-state index in [0.29, 0.717) is 0 Å². The van der Waals surface area contributed by atoms with Gasteiger partial charge in [0.1, 0.15) is 0 Å². The first-order valence-corrected chi connectivity index (χ1v) is 25.0. The van der Waals surface area contributed by atoms with Crippen LogP contribution in [0.5, 0.6) is 0 Å². The Labute approximate surface area is 416 Å². The van der Waals surface area contributed by atoms with Crippen molar-refractivity contribution < 1.29 is 0 Å². The predicted molar refractivity (Wildman–Crippen MR) is 299 cm³/mol. The number of benzene rings is 10.